The van der Waals surface area contributed by atoms with E-state index in [1.165, 1.54) is 45.1 Å². The van der Waals surface area contributed by atoms with Crippen molar-refractivity contribution in [3.05, 3.63) is 29.3 Å². The van der Waals surface area contributed by atoms with Crippen LogP contribution >= 0.6 is 12.2 Å². The van der Waals surface area contributed by atoms with Gasteiger partial charge in [0, 0.05) is 30.9 Å². The first kappa shape index (κ1) is 16.0. The number of aromatic nitrogens is 4. The molecule has 0 bridgehead atoms. The maximum atomic E-state index is 5.66. The predicted octanol–water partition coefficient (Wildman–Crippen LogP) is 2.21. The van der Waals surface area contributed by atoms with Gasteiger partial charge in [0.25, 0.3) is 0 Å². The van der Waals surface area contributed by atoms with E-state index in [4.69, 9.17) is 17.3 Å². The van der Waals surface area contributed by atoms with Crippen LogP contribution in [-0.2, 0) is 13.7 Å². The highest BCUT2D eigenvalue weighted by atomic mass is 32.1. The Hall–Kier alpha value is -1.53. The average Bonchev–Trinajstić information content (AvgIpc) is 2.91. The highest BCUT2D eigenvalue weighted by molar-refractivity contribution is 7.71. The Balaban J connectivity index is 1.60. The Morgan fingerprint density at radius 2 is 1.92 bits per heavy atom. The van der Waals surface area contributed by atoms with Crippen LogP contribution in [0.4, 0.5) is 0 Å². The zero-order valence-corrected chi connectivity index (χ0v) is 15.1. The molecule has 1 N–H and O–H groups in total. The second-order valence-corrected chi connectivity index (χ2v) is 7.63. The Labute approximate surface area is 148 Å². The van der Waals surface area contributed by atoms with Crippen LogP contribution in [0.15, 0.2) is 24.5 Å². The molecule has 1 saturated carbocycles. The number of piperidine rings is 1. The number of nitrogens with zero attached hydrogens (tertiary/aromatic N) is 4. The molecule has 1 unspecified atom stereocenters. The lowest BCUT2D eigenvalue weighted by Crippen LogP contribution is -3.17. The molecule has 0 spiro atoms. The summed E-state index contributed by atoms with van der Waals surface area (Å²) in [6, 6.07) is 4.79. The summed E-state index contributed by atoms with van der Waals surface area (Å²) >= 11 is 5.66. The number of quaternary nitrogens is 1. The minimum atomic E-state index is 0.806. The minimum absolute atomic E-state index is 0.806. The number of hydrogen-bond acceptors (Lipinski definition) is 3. The van der Waals surface area contributed by atoms with E-state index in [1.54, 1.807) is 17.3 Å². The number of fused-ring (bicyclic) bond motifs is 1. The summed E-state index contributed by atoms with van der Waals surface area (Å²) in [5, 5.41) is 4.84. The third kappa shape index (κ3) is 2.93. The van der Waals surface area contributed by atoms with Crippen molar-refractivity contribution in [3.8, 4) is 11.4 Å². The van der Waals surface area contributed by atoms with Gasteiger partial charge in [-0.15, -0.1) is 5.10 Å². The highest BCUT2D eigenvalue weighted by Crippen LogP contribution is 2.28. The van der Waals surface area contributed by atoms with Crippen molar-refractivity contribution in [2.75, 3.05) is 6.54 Å². The summed E-state index contributed by atoms with van der Waals surface area (Å²) in [7, 11) is 2.01. The molecule has 6 heteroatoms. The molecule has 3 heterocycles. The zero-order valence-electron chi connectivity index (χ0n) is 14.3. The van der Waals surface area contributed by atoms with Crippen LogP contribution in [0.2, 0.25) is 0 Å². The first-order chi connectivity index (χ1) is 11.7. The van der Waals surface area contributed by atoms with Gasteiger partial charge in [-0.05, 0) is 56.5 Å². The Kier molecular flexibility index (Phi) is 4.50. The van der Waals surface area contributed by atoms with E-state index < -0.39 is 0 Å². The molecule has 2 fully saturated rings. The smallest absolute Gasteiger partial charge is 0.202 e. The van der Waals surface area contributed by atoms with Gasteiger partial charge in [-0.1, -0.05) is 6.42 Å². The molecule has 2 aromatic rings. The molecule has 1 aliphatic carbocycles. The molecule has 24 heavy (non-hydrogen) atoms. The number of likely N-dealkylation sites (tertiary alicyclic amines) is 1. The van der Waals surface area contributed by atoms with Crippen molar-refractivity contribution >= 4 is 12.2 Å². The molecule has 128 valence electrons. The van der Waals surface area contributed by atoms with Gasteiger partial charge in [-0.2, -0.15) is 4.68 Å². The van der Waals surface area contributed by atoms with Gasteiger partial charge >= 0.3 is 0 Å². The number of nitrogens with one attached hydrogen (secondary N) is 1. The Bertz CT molecular complexity index is 749. The molecule has 0 radical (unpaired) electrons. The average molecular weight is 345 g/mol. The lowest BCUT2D eigenvalue weighted by molar-refractivity contribution is -0.958. The van der Waals surface area contributed by atoms with Crippen LogP contribution in [-0.4, -0.2) is 31.9 Å². The zero-order chi connectivity index (χ0) is 16.5. The number of rotatable bonds is 3. The second kappa shape index (κ2) is 6.76. The summed E-state index contributed by atoms with van der Waals surface area (Å²) in [6.45, 7) is 2.16. The van der Waals surface area contributed by atoms with E-state index in [0.29, 0.717) is 0 Å². The van der Waals surface area contributed by atoms with Crippen molar-refractivity contribution in [2.24, 2.45) is 13.0 Å². The van der Waals surface area contributed by atoms with Crippen LogP contribution in [0.1, 0.15) is 38.5 Å². The molecule has 2 aliphatic rings. The molecule has 4 rings (SSSR count). The molecule has 1 aliphatic heterocycles. The lowest BCUT2D eigenvalue weighted by atomic mass is 9.78. The van der Waals surface area contributed by atoms with Gasteiger partial charge in [0.05, 0.1) is 12.6 Å². The fourth-order valence-electron chi connectivity index (χ4n) is 4.60. The summed E-state index contributed by atoms with van der Waals surface area (Å²) in [5.41, 5.74) is 1.07. The summed E-state index contributed by atoms with van der Waals surface area (Å²) in [4.78, 5) is 5.78. The quantitative estimate of drug-likeness (QED) is 0.868. The maximum Gasteiger partial charge on any atom is 0.202 e. The van der Waals surface area contributed by atoms with E-state index in [0.717, 1.165) is 34.8 Å². The summed E-state index contributed by atoms with van der Waals surface area (Å²) < 4.78 is 4.87. The highest BCUT2D eigenvalue weighted by Gasteiger charge is 2.36. The molecular formula is C18H26N5S+. The molecule has 5 nitrogen and oxygen atoms in total. The van der Waals surface area contributed by atoms with E-state index in [-0.39, 0.29) is 0 Å². The maximum absolute atomic E-state index is 5.66. The van der Waals surface area contributed by atoms with Crippen LogP contribution in [0.25, 0.3) is 11.4 Å². The van der Waals surface area contributed by atoms with Crippen molar-refractivity contribution < 1.29 is 4.90 Å². The molecule has 0 amide bonds. The lowest BCUT2D eigenvalue weighted by Gasteiger charge is -2.40. The number of hydrogen-bond donors (Lipinski definition) is 1. The standard InChI is InChI=1S/C18H25N5S/c1-21-17(15-8-10-19-11-9-15)20-23(18(21)24)13-22-12-4-6-14-5-2-3-7-16(14)22/h8-11,14,16H,2-7,12-13H2,1H3/p+1/t14-,16-/m0/s1. The summed E-state index contributed by atoms with van der Waals surface area (Å²) in [6.07, 6.45) is 12.0. The third-order valence-electron chi connectivity index (χ3n) is 5.84. The van der Waals surface area contributed by atoms with Crippen molar-refractivity contribution in [2.45, 2.75) is 51.2 Å². The largest absolute Gasteiger partial charge is 0.314 e. The first-order valence-corrected chi connectivity index (χ1v) is 9.53. The van der Waals surface area contributed by atoms with Crippen molar-refractivity contribution in [1.29, 1.82) is 0 Å². The van der Waals surface area contributed by atoms with Gasteiger partial charge in [0.15, 0.2) is 12.5 Å². The molecule has 0 aromatic carbocycles. The van der Waals surface area contributed by atoms with Gasteiger partial charge in [-0.25, -0.2) is 0 Å². The Morgan fingerprint density at radius 1 is 1.17 bits per heavy atom. The van der Waals surface area contributed by atoms with E-state index in [2.05, 4.69) is 4.98 Å². The van der Waals surface area contributed by atoms with Gasteiger partial charge < -0.3 is 9.47 Å². The normalized spacial score (nSPS) is 27.0. The Morgan fingerprint density at radius 3 is 2.75 bits per heavy atom. The summed E-state index contributed by atoms with van der Waals surface area (Å²) in [5.74, 6) is 1.85. The van der Waals surface area contributed by atoms with E-state index in [1.807, 2.05) is 28.4 Å². The predicted molar refractivity (Wildman–Crippen MR) is 96.1 cm³/mol. The molecule has 3 atom stereocenters. The van der Waals surface area contributed by atoms with E-state index in [9.17, 15) is 0 Å². The van der Waals surface area contributed by atoms with Crippen LogP contribution in [0.5, 0.6) is 0 Å². The van der Waals surface area contributed by atoms with Crippen LogP contribution in [0, 0.1) is 10.7 Å². The first-order valence-electron chi connectivity index (χ1n) is 9.13. The topological polar surface area (TPSA) is 40.1 Å². The van der Waals surface area contributed by atoms with Crippen LogP contribution < -0.4 is 4.90 Å². The third-order valence-corrected chi connectivity index (χ3v) is 6.32. The second-order valence-electron chi connectivity index (χ2n) is 7.26. The van der Waals surface area contributed by atoms with Crippen LogP contribution in [0.3, 0.4) is 0 Å². The molecule has 2 aromatic heterocycles. The van der Waals surface area contributed by atoms with Gasteiger partial charge in [0.2, 0.25) is 4.77 Å². The fourth-order valence-corrected chi connectivity index (χ4v) is 4.79. The van der Waals surface area contributed by atoms with Gasteiger partial charge in [-0.3, -0.25) is 4.98 Å². The molecule has 1 saturated heterocycles. The SMILES string of the molecule is Cn1c(-c2ccncc2)nn(C[NH+]2CCC[C@@H]3CCCC[C@@H]32)c1=S. The number of pyridine rings is 1. The van der Waals surface area contributed by atoms with Crippen molar-refractivity contribution in [1.82, 2.24) is 19.3 Å². The minimum Gasteiger partial charge on any atom is -0.314 e. The monoisotopic (exact) mass is 344 g/mol. The van der Waals surface area contributed by atoms with Crippen molar-refractivity contribution in [3.63, 3.8) is 0 Å². The van der Waals surface area contributed by atoms with E-state index >= 15 is 0 Å². The molecular weight excluding hydrogens is 318 g/mol. The van der Waals surface area contributed by atoms with Gasteiger partial charge in [0.1, 0.15) is 0 Å². The fraction of sp³-hybridized carbons (Fsp3) is 0.611.